The lowest BCUT2D eigenvalue weighted by Crippen LogP contribution is -1.96. The number of hydrogen-bond acceptors (Lipinski definition) is 14. The predicted octanol–water partition coefficient (Wildman–Crippen LogP) is 8.76. The molecule has 10 aromatic rings. The minimum atomic E-state index is -1.26. The van der Waals surface area contributed by atoms with Crippen LogP contribution in [0, 0.1) is 0 Å². The first-order valence-corrected chi connectivity index (χ1v) is 19.2. The van der Waals surface area contributed by atoms with E-state index in [1.807, 2.05) is 60.7 Å². The van der Waals surface area contributed by atoms with Crippen LogP contribution in [0.1, 0.15) is 0 Å². The zero-order chi connectivity index (χ0) is 45.2. The fourth-order valence-corrected chi connectivity index (χ4v) is 8.67. The van der Waals surface area contributed by atoms with E-state index in [-0.39, 0.29) is 11.4 Å². The zero-order valence-electron chi connectivity index (χ0n) is 32.5. The molecule has 2 heterocycles. The SMILES string of the molecule is Oc1c(O)c(O)c2c(c1O)c1c(O)c(-c3c(O)c(O)c4c(c3O)c3c(O)c(O)c(O)c(O)c3n4-c3ccc(-c4ccccc4)cc3)c(O)c(O)c1n2-c1ccc(-c2ccccc2)cc1. The summed E-state index contributed by atoms with van der Waals surface area (Å²) in [7, 11) is 0. The molecular weight excluding hydrogens is 829 g/mol. The van der Waals surface area contributed by atoms with Gasteiger partial charge >= 0.3 is 0 Å². The molecule has 16 heteroatoms. The average Bonchev–Trinajstić information content (AvgIpc) is 3.88. The van der Waals surface area contributed by atoms with Gasteiger partial charge in [-0.15, -0.1) is 0 Å². The van der Waals surface area contributed by atoms with Crippen molar-refractivity contribution in [1.82, 2.24) is 9.13 Å². The second kappa shape index (κ2) is 13.5. The number of phenolic OH excluding ortho intramolecular Hbond substituents is 14. The highest BCUT2D eigenvalue weighted by atomic mass is 16.4. The summed E-state index contributed by atoms with van der Waals surface area (Å²) in [6, 6.07) is 31.1. The Hall–Kier alpha value is -9.44. The van der Waals surface area contributed by atoms with Gasteiger partial charge in [-0.2, -0.15) is 0 Å². The van der Waals surface area contributed by atoms with Crippen LogP contribution in [0.15, 0.2) is 109 Å². The maximum absolute atomic E-state index is 12.2. The van der Waals surface area contributed by atoms with E-state index in [4.69, 9.17) is 0 Å². The van der Waals surface area contributed by atoms with Gasteiger partial charge in [-0.3, -0.25) is 0 Å². The highest BCUT2D eigenvalue weighted by molar-refractivity contribution is 6.25. The summed E-state index contributed by atoms with van der Waals surface area (Å²) < 4.78 is 2.11. The molecule has 64 heavy (non-hydrogen) atoms. The number of rotatable bonds is 5. The van der Waals surface area contributed by atoms with Gasteiger partial charge in [0.05, 0.1) is 32.7 Å². The Bertz CT molecular complexity index is 3380. The fraction of sp³-hybridized carbons (Fsp3) is 0. The molecule has 318 valence electrons. The molecule has 0 aliphatic carbocycles. The van der Waals surface area contributed by atoms with Crippen molar-refractivity contribution >= 4 is 43.6 Å². The number of hydrogen-bond donors (Lipinski definition) is 14. The summed E-state index contributed by atoms with van der Waals surface area (Å²) >= 11 is 0. The molecule has 0 bridgehead atoms. The van der Waals surface area contributed by atoms with E-state index in [9.17, 15) is 71.5 Å². The largest absolute Gasteiger partial charge is 0.506 e. The summed E-state index contributed by atoms with van der Waals surface area (Å²) in [4.78, 5) is 0. The number of fused-ring (bicyclic) bond motifs is 6. The van der Waals surface area contributed by atoms with E-state index in [2.05, 4.69) is 0 Å². The zero-order valence-corrected chi connectivity index (χ0v) is 32.5. The van der Waals surface area contributed by atoms with Crippen LogP contribution >= 0.6 is 0 Å². The van der Waals surface area contributed by atoms with Crippen LogP contribution in [0.4, 0.5) is 0 Å². The van der Waals surface area contributed by atoms with Gasteiger partial charge in [-0.1, -0.05) is 84.9 Å². The minimum Gasteiger partial charge on any atom is -0.506 e. The summed E-state index contributed by atoms with van der Waals surface area (Å²) in [6.07, 6.45) is 0. The third-order valence-corrected chi connectivity index (χ3v) is 11.6. The van der Waals surface area contributed by atoms with Gasteiger partial charge < -0.3 is 80.6 Å². The van der Waals surface area contributed by atoms with Gasteiger partial charge in [-0.05, 0) is 46.5 Å². The molecule has 0 unspecified atom stereocenters. The van der Waals surface area contributed by atoms with Crippen molar-refractivity contribution in [2.75, 3.05) is 0 Å². The molecular formula is C48H32N2O14. The highest BCUT2D eigenvalue weighted by Gasteiger charge is 2.37. The Morgan fingerprint density at radius 2 is 0.469 bits per heavy atom. The van der Waals surface area contributed by atoms with Gasteiger partial charge in [0.25, 0.3) is 0 Å². The molecule has 0 aliphatic rings. The van der Waals surface area contributed by atoms with Gasteiger partial charge in [-0.25, -0.2) is 0 Å². The number of nitrogens with zero attached hydrogens (tertiary/aromatic N) is 2. The summed E-state index contributed by atoms with van der Waals surface area (Å²) in [5, 5.41) is 158. The minimum absolute atomic E-state index is 0.119. The normalized spacial score (nSPS) is 11.7. The fourth-order valence-electron chi connectivity index (χ4n) is 8.67. The predicted molar refractivity (Wildman–Crippen MR) is 235 cm³/mol. The lowest BCUT2D eigenvalue weighted by atomic mass is 9.94. The Morgan fingerprint density at radius 3 is 0.781 bits per heavy atom. The number of phenols is 14. The molecule has 0 radical (unpaired) electrons. The smallest absolute Gasteiger partial charge is 0.206 e. The van der Waals surface area contributed by atoms with Gasteiger partial charge in [0.2, 0.25) is 23.0 Å². The second-order valence-corrected chi connectivity index (χ2v) is 15.0. The van der Waals surface area contributed by atoms with E-state index < -0.39 is 135 Å². The van der Waals surface area contributed by atoms with E-state index in [0.717, 1.165) is 31.4 Å². The first-order valence-electron chi connectivity index (χ1n) is 19.2. The van der Waals surface area contributed by atoms with Crippen molar-refractivity contribution in [2.24, 2.45) is 0 Å². The lowest BCUT2D eigenvalue weighted by Gasteiger charge is -2.17. The Balaban J connectivity index is 1.31. The molecule has 0 amide bonds. The standard InChI is InChI=1S/C48H32N2O14/c51-35-25-27-33(43(59)47(63)45(61)37(27)53)49(23-15-11-21(12-16-23)19-7-3-1-4-8-19)31(25)41(57)39(55)29(35)30-36(52)26-28-34(44(60)48(64)46(62)38(28)54)50(32(26)42(58)40(30)56)24-17-13-22(14-18-24)20-9-5-2-6-10-20/h1-18,51-64H. The summed E-state index contributed by atoms with van der Waals surface area (Å²) in [6.45, 7) is 0. The van der Waals surface area contributed by atoms with E-state index in [0.29, 0.717) is 0 Å². The molecule has 0 aliphatic heterocycles. The Kier molecular flexibility index (Phi) is 8.19. The van der Waals surface area contributed by atoms with Crippen LogP contribution in [0.2, 0.25) is 0 Å². The quantitative estimate of drug-likeness (QED) is 0.0569. The number of aromatic hydroxyl groups is 14. The Labute approximate surface area is 357 Å². The number of benzene rings is 8. The summed E-state index contributed by atoms with van der Waals surface area (Å²) in [5.41, 5.74) is -0.745. The molecule has 0 saturated heterocycles. The lowest BCUT2D eigenvalue weighted by molar-refractivity contribution is 0.350. The van der Waals surface area contributed by atoms with Crippen molar-refractivity contribution in [3.05, 3.63) is 109 Å². The molecule has 14 N–H and O–H groups in total. The molecule has 2 aromatic heterocycles. The van der Waals surface area contributed by atoms with Crippen LogP contribution in [-0.2, 0) is 0 Å². The number of aromatic nitrogens is 2. The third-order valence-electron chi connectivity index (χ3n) is 11.6. The van der Waals surface area contributed by atoms with Gasteiger partial charge in [0.15, 0.2) is 46.0 Å². The maximum atomic E-state index is 12.2. The topological polar surface area (TPSA) is 293 Å². The second-order valence-electron chi connectivity index (χ2n) is 15.0. The van der Waals surface area contributed by atoms with Gasteiger partial charge in [0, 0.05) is 11.4 Å². The molecule has 10 rings (SSSR count). The van der Waals surface area contributed by atoms with Crippen LogP contribution in [0.25, 0.3) is 88.4 Å². The first-order chi connectivity index (χ1) is 30.6. The summed E-state index contributed by atoms with van der Waals surface area (Å²) in [5.74, 6) is -16.2. The van der Waals surface area contributed by atoms with E-state index in [1.54, 1.807) is 24.3 Å². The molecule has 16 nitrogen and oxygen atoms in total. The molecule has 0 atom stereocenters. The molecule has 0 spiro atoms. The van der Waals surface area contributed by atoms with Crippen LogP contribution < -0.4 is 0 Å². The van der Waals surface area contributed by atoms with Crippen LogP contribution in [0.5, 0.6) is 80.5 Å². The molecule has 0 fully saturated rings. The van der Waals surface area contributed by atoms with Crippen molar-refractivity contribution in [3.8, 4) is 125 Å². The molecule has 0 saturated carbocycles. The van der Waals surface area contributed by atoms with E-state index >= 15 is 0 Å². The van der Waals surface area contributed by atoms with Crippen molar-refractivity contribution in [3.63, 3.8) is 0 Å². The van der Waals surface area contributed by atoms with Crippen molar-refractivity contribution in [1.29, 1.82) is 0 Å². The van der Waals surface area contributed by atoms with Crippen molar-refractivity contribution < 1.29 is 71.5 Å². The maximum Gasteiger partial charge on any atom is 0.206 e. The average molecular weight is 861 g/mol. The van der Waals surface area contributed by atoms with Crippen LogP contribution in [0.3, 0.4) is 0 Å². The third kappa shape index (κ3) is 5.04. The van der Waals surface area contributed by atoms with Gasteiger partial charge in [0.1, 0.15) is 33.6 Å². The Morgan fingerprint density at radius 1 is 0.219 bits per heavy atom. The van der Waals surface area contributed by atoms with Crippen molar-refractivity contribution in [2.45, 2.75) is 0 Å². The molecule has 8 aromatic carbocycles. The van der Waals surface area contributed by atoms with E-state index in [1.165, 1.54) is 24.3 Å². The first kappa shape index (κ1) is 38.7. The monoisotopic (exact) mass is 860 g/mol. The van der Waals surface area contributed by atoms with Crippen LogP contribution in [-0.4, -0.2) is 80.6 Å². The highest BCUT2D eigenvalue weighted by Crippen LogP contribution is 2.64.